The van der Waals surface area contributed by atoms with Gasteiger partial charge in [-0.3, -0.25) is 4.90 Å². The molecule has 1 aromatic heterocycles. The molecule has 0 radical (unpaired) electrons. The van der Waals surface area contributed by atoms with Crippen molar-refractivity contribution in [3.8, 4) is 0 Å². The van der Waals surface area contributed by atoms with E-state index < -0.39 is 0 Å². The van der Waals surface area contributed by atoms with Gasteiger partial charge in [0.05, 0.1) is 6.26 Å². The molecule has 3 heteroatoms. The zero-order chi connectivity index (χ0) is 9.80. The SMILES string of the molecule is NCCc1cc(CN2CCCC2)co1. The van der Waals surface area contributed by atoms with Crippen molar-refractivity contribution in [3.05, 3.63) is 23.7 Å². The van der Waals surface area contributed by atoms with E-state index in [0.29, 0.717) is 6.54 Å². The van der Waals surface area contributed by atoms with E-state index in [0.717, 1.165) is 18.7 Å². The number of rotatable bonds is 4. The molecule has 0 saturated carbocycles. The van der Waals surface area contributed by atoms with E-state index in [4.69, 9.17) is 10.2 Å². The van der Waals surface area contributed by atoms with Gasteiger partial charge in [-0.05, 0) is 38.5 Å². The average Bonchev–Trinajstić information content (AvgIpc) is 2.79. The summed E-state index contributed by atoms with van der Waals surface area (Å²) in [5, 5.41) is 0. The van der Waals surface area contributed by atoms with Crippen molar-refractivity contribution in [2.75, 3.05) is 19.6 Å². The van der Waals surface area contributed by atoms with Crippen LogP contribution in [0.3, 0.4) is 0 Å². The smallest absolute Gasteiger partial charge is 0.105 e. The van der Waals surface area contributed by atoms with Crippen molar-refractivity contribution in [1.82, 2.24) is 4.90 Å². The highest BCUT2D eigenvalue weighted by atomic mass is 16.3. The highest BCUT2D eigenvalue weighted by molar-refractivity contribution is 5.13. The molecular formula is C11H18N2O. The molecule has 1 saturated heterocycles. The van der Waals surface area contributed by atoms with Gasteiger partial charge in [0.25, 0.3) is 0 Å². The second-order valence-electron chi connectivity index (χ2n) is 3.94. The molecule has 0 bridgehead atoms. The summed E-state index contributed by atoms with van der Waals surface area (Å²) in [4.78, 5) is 2.47. The Kier molecular flexibility index (Phi) is 3.22. The molecule has 1 aromatic rings. The van der Waals surface area contributed by atoms with Gasteiger partial charge in [0.15, 0.2) is 0 Å². The number of nitrogens with two attached hydrogens (primary N) is 1. The van der Waals surface area contributed by atoms with Crippen LogP contribution in [0.5, 0.6) is 0 Å². The van der Waals surface area contributed by atoms with Gasteiger partial charge in [-0.1, -0.05) is 0 Å². The van der Waals surface area contributed by atoms with Gasteiger partial charge in [0.2, 0.25) is 0 Å². The summed E-state index contributed by atoms with van der Waals surface area (Å²) >= 11 is 0. The summed E-state index contributed by atoms with van der Waals surface area (Å²) in [5.41, 5.74) is 6.75. The number of nitrogens with zero attached hydrogens (tertiary/aromatic N) is 1. The first-order valence-corrected chi connectivity index (χ1v) is 5.37. The van der Waals surface area contributed by atoms with E-state index in [2.05, 4.69) is 11.0 Å². The van der Waals surface area contributed by atoms with Crippen LogP contribution in [0.4, 0.5) is 0 Å². The Morgan fingerprint density at radius 1 is 1.36 bits per heavy atom. The van der Waals surface area contributed by atoms with Crippen LogP contribution in [-0.2, 0) is 13.0 Å². The Morgan fingerprint density at radius 2 is 2.14 bits per heavy atom. The molecule has 1 aliphatic heterocycles. The van der Waals surface area contributed by atoms with Crippen molar-refractivity contribution in [1.29, 1.82) is 0 Å². The molecule has 0 aliphatic carbocycles. The Morgan fingerprint density at radius 3 is 2.86 bits per heavy atom. The van der Waals surface area contributed by atoms with Gasteiger partial charge in [-0.15, -0.1) is 0 Å². The van der Waals surface area contributed by atoms with Crippen molar-refractivity contribution in [3.63, 3.8) is 0 Å². The second kappa shape index (κ2) is 4.62. The zero-order valence-electron chi connectivity index (χ0n) is 8.54. The van der Waals surface area contributed by atoms with E-state index in [9.17, 15) is 0 Å². The van der Waals surface area contributed by atoms with Gasteiger partial charge >= 0.3 is 0 Å². The largest absolute Gasteiger partial charge is 0.469 e. The maximum Gasteiger partial charge on any atom is 0.105 e. The summed E-state index contributed by atoms with van der Waals surface area (Å²) in [6.45, 7) is 4.17. The van der Waals surface area contributed by atoms with Gasteiger partial charge < -0.3 is 10.2 Å². The van der Waals surface area contributed by atoms with Crippen molar-refractivity contribution >= 4 is 0 Å². The maximum atomic E-state index is 5.46. The predicted molar refractivity (Wildman–Crippen MR) is 56.0 cm³/mol. The fourth-order valence-corrected chi connectivity index (χ4v) is 1.98. The fourth-order valence-electron chi connectivity index (χ4n) is 1.98. The Hall–Kier alpha value is -0.800. The summed E-state index contributed by atoms with van der Waals surface area (Å²) in [6, 6.07) is 2.13. The maximum absolute atomic E-state index is 5.46. The Labute approximate surface area is 84.9 Å². The second-order valence-corrected chi connectivity index (χ2v) is 3.94. The molecule has 0 spiro atoms. The molecular weight excluding hydrogens is 176 g/mol. The number of hydrogen-bond acceptors (Lipinski definition) is 3. The normalized spacial score (nSPS) is 17.8. The third kappa shape index (κ3) is 2.36. The van der Waals surface area contributed by atoms with Crippen LogP contribution in [0, 0.1) is 0 Å². The molecule has 1 aliphatic rings. The minimum atomic E-state index is 0.663. The van der Waals surface area contributed by atoms with Crippen LogP contribution in [0.25, 0.3) is 0 Å². The van der Waals surface area contributed by atoms with E-state index in [-0.39, 0.29) is 0 Å². The van der Waals surface area contributed by atoms with Crippen LogP contribution in [0.1, 0.15) is 24.2 Å². The number of furan rings is 1. The van der Waals surface area contributed by atoms with Crippen LogP contribution < -0.4 is 5.73 Å². The highest BCUT2D eigenvalue weighted by Gasteiger charge is 2.12. The molecule has 2 rings (SSSR count). The van der Waals surface area contributed by atoms with Crippen molar-refractivity contribution in [2.24, 2.45) is 5.73 Å². The Balaban J connectivity index is 1.88. The number of likely N-dealkylation sites (tertiary alicyclic amines) is 1. The van der Waals surface area contributed by atoms with Crippen LogP contribution in [0.2, 0.25) is 0 Å². The monoisotopic (exact) mass is 194 g/mol. The minimum absolute atomic E-state index is 0.663. The summed E-state index contributed by atoms with van der Waals surface area (Å²) in [7, 11) is 0. The molecule has 3 nitrogen and oxygen atoms in total. The molecule has 78 valence electrons. The lowest BCUT2D eigenvalue weighted by atomic mass is 10.2. The minimum Gasteiger partial charge on any atom is -0.469 e. The molecule has 0 aromatic carbocycles. The predicted octanol–water partition coefficient (Wildman–Crippen LogP) is 1.38. The van der Waals surface area contributed by atoms with E-state index in [1.165, 1.54) is 31.5 Å². The molecule has 14 heavy (non-hydrogen) atoms. The third-order valence-corrected chi connectivity index (χ3v) is 2.70. The molecule has 2 N–H and O–H groups in total. The lowest BCUT2D eigenvalue weighted by Crippen LogP contribution is -2.17. The summed E-state index contributed by atoms with van der Waals surface area (Å²) < 4.78 is 5.41. The van der Waals surface area contributed by atoms with Crippen LogP contribution in [-0.4, -0.2) is 24.5 Å². The highest BCUT2D eigenvalue weighted by Crippen LogP contribution is 2.15. The summed E-state index contributed by atoms with van der Waals surface area (Å²) in [6.07, 6.45) is 5.39. The zero-order valence-corrected chi connectivity index (χ0v) is 8.54. The van der Waals surface area contributed by atoms with Crippen molar-refractivity contribution < 1.29 is 4.42 Å². The fraction of sp³-hybridized carbons (Fsp3) is 0.636. The lowest BCUT2D eigenvalue weighted by Gasteiger charge is -2.11. The van der Waals surface area contributed by atoms with Crippen molar-refractivity contribution in [2.45, 2.75) is 25.8 Å². The first-order valence-electron chi connectivity index (χ1n) is 5.37. The van der Waals surface area contributed by atoms with Gasteiger partial charge in [-0.2, -0.15) is 0 Å². The van der Waals surface area contributed by atoms with Gasteiger partial charge in [0, 0.05) is 18.5 Å². The number of hydrogen-bond donors (Lipinski definition) is 1. The topological polar surface area (TPSA) is 42.4 Å². The molecule has 0 unspecified atom stereocenters. The van der Waals surface area contributed by atoms with E-state index in [1.807, 2.05) is 6.26 Å². The van der Waals surface area contributed by atoms with Gasteiger partial charge in [0.1, 0.15) is 5.76 Å². The summed E-state index contributed by atoms with van der Waals surface area (Å²) in [5.74, 6) is 1.02. The van der Waals surface area contributed by atoms with Gasteiger partial charge in [-0.25, -0.2) is 0 Å². The Bertz CT molecular complexity index is 277. The molecule has 0 atom stereocenters. The molecule has 0 amide bonds. The lowest BCUT2D eigenvalue weighted by molar-refractivity contribution is 0.330. The van der Waals surface area contributed by atoms with E-state index >= 15 is 0 Å². The first-order chi connectivity index (χ1) is 6.88. The quantitative estimate of drug-likeness (QED) is 0.787. The average molecular weight is 194 g/mol. The molecule has 1 fully saturated rings. The first kappa shape index (κ1) is 9.74. The van der Waals surface area contributed by atoms with Crippen LogP contribution >= 0.6 is 0 Å². The van der Waals surface area contributed by atoms with E-state index in [1.54, 1.807) is 0 Å². The van der Waals surface area contributed by atoms with Crippen LogP contribution in [0.15, 0.2) is 16.7 Å². The molecule has 2 heterocycles. The third-order valence-electron chi connectivity index (χ3n) is 2.70. The standard InChI is InChI=1S/C11H18N2O/c12-4-3-11-7-10(9-14-11)8-13-5-1-2-6-13/h7,9H,1-6,8,12H2.